The largest absolute Gasteiger partial charge is 0.413 e. The molecule has 0 spiro atoms. The second-order valence-electron chi connectivity index (χ2n) is 7.00. The maximum absolute atomic E-state index is 8.86. The van der Waals surface area contributed by atoms with Crippen LogP contribution in [-0.4, -0.2) is 18.3 Å². The van der Waals surface area contributed by atoms with Gasteiger partial charge in [0.2, 0.25) is 0 Å². The molecule has 0 fully saturated rings. The standard InChI is InChI=1S/C16H21ClN4OSSi/c1-16(2,3)24(4,5)22-10-11-6-13(17)20-14(7-11)21-15-19-9-12(8-18)23-15/h6-7,9H,10H2,1-5H3,(H,19,20,21). The van der Waals surface area contributed by atoms with Crippen LogP contribution in [0.2, 0.25) is 23.3 Å². The average molecular weight is 381 g/mol. The highest BCUT2D eigenvalue weighted by molar-refractivity contribution is 7.16. The van der Waals surface area contributed by atoms with Crippen molar-refractivity contribution in [1.82, 2.24) is 9.97 Å². The molecule has 0 saturated carbocycles. The second kappa shape index (κ2) is 7.19. The Morgan fingerprint density at radius 3 is 2.67 bits per heavy atom. The van der Waals surface area contributed by atoms with Crippen molar-refractivity contribution in [3.05, 3.63) is 33.9 Å². The molecular weight excluding hydrogens is 360 g/mol. The van der Waals surface area contributed by atoms with Crippen molar-refractivity contribution in [1.29, 1.82) is 5.26 Å². The van der Waals surface area contributed by atoms with Gasteiger partial charge in [-0.15, -0.1) is 0 Å². The highest BCUT2D eigenvalue weighted by Gasteiger charge is 2.37. The van der Waals surface area contributed by atoms with E-state index in [0.717, 1.165) is 5.56 Å². The van der Waals surface area contributed by atoms with Gasteiger partial charge in [-0.2, -0.15) is 5.26 Å². The summed E-state index contributed by atoms with van der Waals surface area (Å²) >= 11 is 7.39. The lowest BCUT2D eigenvalue weighted by Gasteiger charge is -2.36. The molecule has 128 valence electrons. The molecule has 2 rings (SSSR count). The number of thiazole rings is 1. The van der Waals surface area contributed by atoms with Gasteiger partial charge in [0.1, 0.15) is 21.9 Å². The number of aromatic nitrogens is 2. The van der Waals surface area contributed by atoms with Crippen LogP contribution >= 0.6 is 22.9 Å². The van der Waals surface area contributed by atoms with E-state index in [-0.39, 0.29) is 5.04 Å². The minimum Gasteiger partial charge on any atom is -0.413 e. The van der Waals surface area contributed by atoms with E-state index in [2.05, 4.69) is 55.2 Å². The highest BCUT2D eigenvalue weighted by atomic mass is 35.5. The van der Waals surface area contributed by atoms with Gasteiger partial charge >= 0.3 is 0 Å². The molecule has 0 aromatic carbocycles. The first-order chi connectivity index (χ1) is 11.1. The maximum Gasteiger partial charge on any atom is 0.192 e. The fourth-order valence-electron chi connectivity index (χ4n) is 1.67. The topological polar surface area (TPSA) is 70.8 Å². The second-order valence-corrected chi connectivity index (χ2v) is 13.2. The van der Waals surface area contributed by atoms with Crippen molar-refractivity contribution in [3.8, 4) is 6.07 Å². The Hall–Kier alpha value is -1.46. The molecule has 2 aromatic heterocycles. The number of hydrogen-bond donors (Lipinski definition) is 1. The van der Waals surface area contributed by atoms with Gasteiger partial charge in [0.05, 0.1) is 12.8 Å². The Labute approximate surface area is 152 Å². The van der Waals surface area contributed by atoms with Crippen LogP contribution in [0, 0.1) is 11.3 Å². The van der Waals surface area contributed by atoms with E-state index < -0.39 is 8.32 Å². The van der Waals surface area contributed by atoms with Crippen molar-refractivity contribution in [2.24, 2.45) is 0 Å². The zero-order valence-electron chi connectivity index (χ0n) is 14.5. The predicted molar refractivity (Wildman–Crippen MR) is 101 cm³/mol. The third-order valence-corrected chi connectivity index (χ3v) is 9.60. The number of nitrogens with zero attached hydrogens (tertiary/aromatic N) is 3. The minimum atomic E-state index is -1.83. The molecule has 0 aliphatic heterocycles. The monoisotopic (exact) mass is 380 g/mol. The Bertz CT molecular complexity index is 764. The molecule has 0 atom stereocenters. The highest BCUT2D eigenvalue weighted by Crippen LogP contribution is 2.37. The van der Waals surface area contributed by atoms with Gasteiger partial charge < -0.3 is 9.74 Å². The van der Waals surface area contributed by atoms with E-state index in [1.54, 1.807) is 0 Å². The molecule has 1 N–H and O–H groups in total. The van der Waals surface area contributed by atoms with E-state index in [1.807, 2.05) is 12.1 Å². The quantitative estimate of drug-likeness (QED) is 0.560. The summed E-state index contributed by atoms with van der Waals surface area (Å²) in [5, 5.41) is 13.1. The SMILES string of the molecule is CC(C)(C)[Si](C)(C)OCc1cc(Cl)nc(Nc2ncc(C#N)s2)c1. The van der Waals surface area contributed by atoms with Gasteiger partial charge in [-0.1, -0.05) is 43.7 Å². The Balaban J connectivity index is 2.12. The molecule has 0 saturated heterocycles. The van der Waals surface area contributed by atoms with Gasteiger partial charge in [0.15, 0.2) is 13.4 Å². The van der Waals surface area contributed by atoms with E-state index >= 15 is 0 Å². The summed E-state index contributed by atoms with van der Waals surface area (Å²) in [6.07, 6.45) is 1.53. The van der Waals surface area contributed by atoms with Crippen molar-refractivity contribution >= 4 is 42.2 Å². The maximum atomic E-state index is 8.86. The van der Waals surface area contributed by atoms with E-state index in [9.17, 15) is 0 Å². The number of halogens is 1. The number of nitriles is 1. The van der Waals surface area contributed by atoms with Crippen molar-refractivity contribution in [3.63, 3.8) is 0 Å². The molecule has 0 aliphatic carbocycles. The first-order valence-corrected chi connectivity index (χ1v) is 11.6. The summed E-state index contributed by atoms with van der Waals surface area (Å²) in [6, 6.07) is 5.76. The third kappa shape index (κ3) is 4.77. The summed E-state index contributed by atoms with van der Waals surface area (Å²) < 4.78 is 6.23. The molecule has 24 heavy (non-hydrogen) atoms. The van der Waals surface area contributed by atoms with Crippen LogP contribution in [0.25, 0.3) is 0 Å². The Morgan fingerprint density at radius 2 is 2.08 bits per heavy atom. The lowest BCUT2D eigenvalue weighted by Crippen LogP contribution is -2.40. The number of nitrogens with one attached hydrogen (secondary N) is 1. The summed E-state index contributed by atoms with van der Waals surface area (Å²) in [5.41, 5.74) is 0.958. The lowest BCUT2D eigenvalue weighted by molar-refractivity contribution is 0.276. The molecule has 0 radical (unpaired) electrons. The van der Waals surface area contributed by atoms with Crippen molar-refractivity contribution in [2.45, 2.75) is 45.5 Å². The summed E-state index contributed by atoms with van der Waals surface area (Å²) in [7, 11) is -1.83. The molecular formula is C16H21ClN4OSSi. The minimum absolute atomic E-state index is 0.152. The first-order valence-electron chi connectivity index (χ1n) is 7.54. The van der Waals surface area contributed by atoms with Gasteiger partial charge in [-0.3, -0.25) is 0 Å². The van der Waals surface area contributed by atoms with Crippen molar-refractivity contribution < 1.29 is 4.43 Å². The zero-order valence-corrected chi connectivity index (χ0v) is 17.0. The summed E-state index contributed by atoms with van der Waals surface area (Å²) in [6.45, 7) is 11.6. The number of pyridine rings is 1. The smallest absolute Gasteiger partial charge is 0.192 e. The predicted octanol–water partition coefficient (Wildman–Crippen LogP) is 5.33. The fraction of sp³-hybridized carbons (Fsp3) is 0.438. The molecule has 0 unspecified atom stereocenters. The number of rotatable bonds is 5. The van der Waals surface area contributed by atoms with Gasteiger partial charge in [0, 0.05) is 0 Å². The number of hydrogen-bond acceptors (Lipinski definition) is 6. The van der Waals surface area contributed by atoms with Crippen LogP contribution in [0.4, 0.5) is 10.9 Å². The Kier molecular flexibility index (Phi) is 5.66. The zero-order chi connectivity index (χ0) is 18.0. The van der Waals surface area contributed by atoms with Crippen LogP contribution in [0.1, 0.15) is 31.2 Å². The molecule has 5 nitrogen and oxygen atoms in total. The molecule has 0 amide bonds. The van der Waals surface area contributed by atoms with Gasteiger partial charge in [-0.05, 0) is 35.8 Å². The fourth-order valence-corrected chi connectivity index (χ4v) is 3.48. The van der Waals surface area contributed by atoms with Crippen LogP contribution in [0.5, 0.6) is 0 Å². The number of anilines is 2. The van der Waals surface area contributed by atoms with E-state index in [1.165, 1.54) is 17.5 Å². The van der Waals surface area contributed by atoms with E-state index in [0.29, 0.717) is 27.6 Å². The first kappa shape index (κ1) is 18.9. The van der Waals surface area contributed by atoms with E-state index in [4.69, 9.17) is 21.3 Å². The van der Waals surface area contributed by atoms with Crippen LogP contribution in [-0.2, 0) is 11.0 Å². The third-order valence-electron chi connectivity index (χ3n) is 4.11. The van der Waals surface area contributed by atoms with Crippen LogP contribution in [0.15, 0.2) is 18.3 Å². The molecule has 0 aliphatic rings. The summed E-state index contributed by atoms with van der Waals surface area (Å²) in [4.78, 5) is 8.93. The summed E-state index contributed by atoms with van der Waals surface area (Å²) in [5.74, 6) is 0.593. The van der Waals surface area contributed by atoms with Crippen LogP contribution < -0.4 is 5.32 Å². The molecule has 2 heterocycles. The van der Waals surface area contributed by atoms with Crippen LogP contribution in [0.3, 0.4) is 0 Å². The lowest BCUT2D eigenvalue weighted by atomic mass is 10.2. The molecule has 2 aromatic rings. The van der Waals surface area contributed by atoms with Gasteiger partial charge in [-0.25, -0.2) is 9.97 Å². The van der Waals surface area contributed by atoms with Gasteiger partial charge in [0.25, 0.3) is 0 Å². The molecule has 0 bridgehead atoms. The van der Waals surface area contributed by atoms with Crippen molar-refractivity contribution in [2.75, 3.05) is 5.32 Å². The average Bonchev–Trinajstić information content (AvgIpc) is 2.91. The molecule has 8 heteroatoms. The normalized spacial score (nSPS) is 12.0. The Morgan fingerprint density at radius 1 is 1.38 bits per heavy atom.